The summed E-state index contributed by atoms with van der Waals surface area (Å²) >= 11 is 0. The summed E-state index contributed by atoms with van der Waals surface area (Å²) in [4.78, 5) is 10.4. The van der Waals surface area contributed by atoms with E-state index in [4.69, 9.17) is 5.53 Å². The Hall–Kier alpha value is 0.740. The fourth-order valence-electron chi connectivity index (χ4n) is 0.424. The first-order chi connectivity index (χ1) is 3.84. The second kappa shape index (κ2) is 6.45. The number of carbonyl (C=O) groups excluding carboxylic acids is 1. The van der Waals surface area contributed by atoms with Crippen LogP contribution in [0.15, 0.2) is 10.3 Å². The standard InChI is InChI=1S/C3H4N4O.2Na.2H/c4-6-7-3(8)1-2-5-7;;;;/h2,4H,1H2;;;;/q;2*+1;2*-1. The minimum atomic E-state index is -0.250. The molecule has 0 atom stereocenters. The molecule has 0 aromatic heterocycles. The van der Waals surface area contributed by atoms with Gasteiger partial charge in [-0.1, -0.05) is 5.12 Å². The minimum absolute atomic E-state index is 0. The van der Waals surface area contributed by atoms with Gasteiger partial charge in [-0.15, -0.1) is 0 Å². The number of hydrazone groups is 1. The van der Waals surface area contributed by atoms with E-state index in [2.05, 4.69) is 10.3 Å². The van der Waals surface area contributed by atoms with Gasteiger partial charge in [0.2, 0.25) is 0 Å². The summed E-state index contributed by atoms with van der Waals surface area (Å²) in [7, 11) is 0. The van der Waals surface area contributed by atoms with Crippen LogP contribution < -0.4 is 59.1 Å². The van der Waals surface area contributed by atoms with Crippen LogP contribution in [0.3, 0.4) is 0 Å². The van der Waals surface area contributed by atoms with Crippen molar-refractivity contribution < 1.29 is 66.8 Å². The molecule has 1 aliphatic heterocycles. The molecule has 1 amide bonds. The molecule has 0 radical (unpaired) electrons. The third-order valence-corrected chi connectivity index (χ3v) is 0.775. The number of rotatable bonds is 1. The molecule has 0 spiro atoms. The molecule has 0 bridgehead atoms. The first kappa shape index (κ1) is 13.3. The van der Waals surface area contributed by atoms with Crippen molar-refractivity contribution in [2.45, 2.75) is 6.42 Å². The van der Waals surface area contributed by atoms with Crippen molar-refractivity contribution in [2.75, 3.05) is 0 Å². The Kier molecular flexibility index (Phi) is 8.60. The van der Waals surface area contributed by atoms with Crippen molar-refractivity contribution in [3.8, 4) is 0 Å². The van der Waals surface area contributed by atoms with Crippen molar-refractivity contribution in [1.29, 1.82) is 5.53 Å². The normalized spacial score (nSPS) is 14.0. The molecule has 7 heteroatoms. The Bertz CT molecular complexity index is 166. The van der Waals surface area contributed by atoms with Gasteiger partial charge >= 0.3 is 59.1 Å². The molecule has 0 saturated heterocycles. The number of nitrogens with one attached hydrogen (secondary N) is 1. The van der Waals surface area contributed by atoms with E-state index in [0.29, 0.717) is 0 Å². The van der Waals surface area contributed by atoms with Crippen molar-refractivity contribution in [1.82, 2.24) is 5.12 Å². The maximum absolute atomic E-state index is 10.4. The van der Waals surface area contributed by atoms with Gasteiger partial charge in [0, 0.05) is 6.21 Å². The molecule has 1 heterocycles. The molecule has 1 rings (SSSR count). The van der Waals surface area contributed by atoms with Gasteiger partial charge in [-0.25, -0.2) is 0 Å². The Morgan fingerprint density at radius 1 is 1.80 bits per heavy atom. The second-order valence-electron chi connectivity index (χ2n) is 1.29. The van der Waals surface area contributed by atoms with Crippen LogP contribution >= 0.6 is 0 Å². The zero-order chi connectivity index (χ0) is 5.98. The number of carbonyl (C=O) groups is 1. The van der Waals surface area contributed by atoms with Crippen LogP contribution in [0.2, 0.25) is 0 Å². The molecule has 1 aliphatic rings. The van der Waals surface area contributed by atoms with E-state index >= 15 is 0 Å². The zero-order valence-electron chi connectivity index (χ0n) is 8.03. The first-order valence-corrected chi connectivity index (χ1v) is 2.07. The van der Waals surface area contributed by atoms with Crippen LogP contribution in [0.1, 0.15) is 9.27 Å². The molecule has 0 aliphatic carbocycles. The molecule has 5 nitrogen and oxygen atoms in total. The van der Waals surface area contributed by atoms with Crippen LogP contribution in [0, 0.1) is 5.53 Å². The van der Waals surface area contributed by atoms with Gasteiger partial charge in [-0.05, 0) is 5.22 Å². The Morgan fingerprint density at radius 3 is 2.60 bits per heavy atom. The van der Waals surface area contributed by atoms with Crippen LogP contribution in [0.4, 0.5) is 0 Å². The summed E-state index contributed by atoms with van der Waals surface area (Å²) in [6, 6.07) is 0. The Balaban J connectivity index is -0.0000000800. The largest absolute Gasteiger partial charge is 1.00 e. The summed E-state index contributed by atoms with van der Waals surface area (Å²) in [6.45, 7) is 0. The molecule has 46 valence electrons. The maximum atomic E-state index is 10.4. The first-order valence-electron chi connectivity index (χ1n) is 2.07. The van der Waals surface area contributed by atoms with Gasteiger partial charge in [0.15, 0.2) is 0 Å². The summed E-state index contributed by atoms with van der Waals surface area (Å²) in [6.07, 6.45) is 1.68. The van der Waals surface area contributed by atoms with Crippen molar-refractivity contribution in [2.24, 2.45) is 10.3 Å². The summed E-state index contributed by atoms with van der Waals surface area (Å²) < 4.78 is 0. The topological polar surface area (TPSA) is 68.9 Å². The molecule has 10 heavy (non-hydrogen) atoms. The molecule has 0 unspecified atom stereocenters. The van der Waals surface area contributed by atoms with Crippen LogP contribution in [-0.4, -0.2) is 17.2 Å². The quantitative estimate of drug-likeness (QED) is 0.301. The van der Waals surface area contributed by atoms with E-state index < -0.39 is 0 Å². The molecular formula is C3H6N4Na2O. The molecular weight excluding hydrogens is 154 g/mol. The maximum Gasteiger partial charge on any atom is 1.00 e. The van der Waals surface area contributed by atoms with Gasteiger partial charge in [0.1, 0.15) is 0 Å². The van der Waals surface area contributed by atoms with Crippen LogP contribution in [0.25, 0.3) is 0 Å². The van der Waals surface area contributed by atoms with Gasteiger partial charge < -0.3 is 2.85 Å². The summed E-state index contributed by atoms with van der Waals surface area (Å²) in [5.74, 6) is -0.250. The Labute approximate surface area is 105 Å². The fraction of sp³-hybridized carbons (Fsp3) is 0.333. The third kappa shape index (κ3) is 3.23. The minimum Gasteiger partial charge on any atom is -1.00 e. The van der Waals surface area contributed by atoms with E-state index in [1.165, 1.54) is 6.21 Å². The monoisotopic (exact) mass is 160 g/mol. The Morgan fingerprint density at radius 2 is 2.40 bits per heavy atom. The van der Waals surface area contributed by atoms with Gasteiger partial charge in [0.05, 0.1) is 6.42 Å². The third-order valence-electron chi connectivity index (χ3n) is 0.775. The predicted molar refractivity (Wildman–Crippen MR) is 27.3 cm³/mol. The van der Waals surface area contributed by atoms with Crippen LogP contribution in [-0.2, 0) is 4.79 Å². The van der Waals surface area contributed by atoms with E-state index in [1.807, 2.05) is 0 Å². The van der Waals surface area contributed by atoms with Gasteiger partial charge in [-0.3, -0.25) is 4.79 Å². The predicted octanol–water partition coefficient (Wildman–Crippen LogP) is -5.62. The average molecular weight is 160 g/mol. The summed E-state index contributed by atoms with van der Waals surface area (Å²) in [5.41, 5.74) is 6.35. The molecule has 0 aromatic rings. The smallest absolute Gasteiger partial charge is 1.00 e. The number of hydrogen-bond acceptors (Lipinski definition) is 4. The summed E-state index contributed by atoms with van der Waals surface area (Å²) in [5, 5.41) is 6.99. The molecule has 0 aromatic carbocycles. The van der Waals surface area contributed by atoms with Crippen molar-refractivity contribution >= 4 is 12.1 Å². The molecule has 0 saturated carbocycles. The van der Waals surface area contributed by atoms with Crippen LogP contribution in [0.5, 0.6) is 0 Å². The number of amides is 1. The molecule has 1 N–H and O–H groups in total. The second-order valence-corrected chi connectivity index (χ2v) is 1.29. The van der Waals surface area contributed by atoms with E-state index in [-0.39, 0.29) is 74.3 Å². The van der Waals surface area contributed by atoms with E-state index in [1.54, 1.807) is 0 Å². The van der Waals surface area contributed by atoms with Crippen molar-refractivity contribution in [3.05, 3.63) is 0 Å². The zero-order valence-corrected chi connectivity index (χ0v) is 10.0. The SMILES string of the molecule is N=NN1N=CCC1=O.[H-].[H-].[Na+].[Na+]. The van der Waals surface area contributed by atoms with Crippen molar-refractivity contribution in [3.63, 3.8) is 0 Å². The van der Waals surface area contributed by atoms with Gasteiger partial charge in [-0.2, -0.15) is 10.6 Å². The van der Waals surface area contributed by atoms with Gasteiger partial charge in [0.25, 0.3) is 5.91 Å². The average Bonchev–Trinajstić information content (AvgIpc) is 2.14. The van der Waals surface area contributed by atoms with E-state index in [9.17, 15) is 4.79 Å². The fourth-order valence-corrected chi connectivity index (χ4v) is 0.424. The molecule has 0 fully saturated rings. The number of nitrogens with zero attached hydrogens (tertiary/aromatic N) is 3. The van der Waals surface area contributed by atoms with E-state index in [0.717, 1.165) is 5.12 Å². The number of hydrogen-bond donors (Lipinski definition) is 1.